The van der Waals surface area contributed by atoms with E-state index in [9.17, 15) is 9.00 Å². The average molecular weight is 326 g/mol. The van der Waals surface area contributed by atoms with Gasteiger partial charge in [0.2, 0.25) is 0 Å². The first-order valence-corrected chi connectivity index (χ1v) is 8.31. The van der Waals surface area contributed by atoms with Gasteiger partial charge >= 0.3 is 0 Å². The smallest absolute Gasteiger partial charge is 0.286 e. The van der Waals surface area contributed by atoms with E-state index in [4.69, 9.17) is 16.0 Å². The van der Waals surface area contributed by atoms with Gasteiger partial charge in [-0.25, -0.2) is 0 Å². The topological polar surface area (TPSA) is 59.3 Å². The SMILES string of the molecule is CCCNC(=O)c1ccc(C[S@](=O)c2ccccc2Cl)o1. The molecule has 4 nitrogen and oxygen atoms in total. The van der Waals surface area contributed by atoms with E-state index in [0.717, 1.165) is 6.42 Å². The Morgan fingerprint density at radius 2 is 2.05 bits per heavy atom. The van der Waals surface area contributed by atoms with E-state index in [1.807, 2.05) is 6.92 Å². The standard InChI is InChI=1S/C15H16ClNO3S/c1-2-9-17-15(18)13-8-7-11(20-13)10-21(19)14-6-4-3-5-12(14)16/h3-8H,2,9-10H2,1H3,(H,17,18)/t21-/m0/s1. The van der Waals surface area contributed by atoms with E-state index >= 15 is 0 Å². The Morgan fingerprint density at radius 1 is 1.29 bits per heavy atom. The zero-order valence-electron chi connectivity index (χ0n) is 11.6. The minimum absolute atomic E-state index is 0.185. The van der Waals surface area contributed by atoms with Crippen molar-refractivity contribution in [3.63, 3.8) is 0 Å². The van der Waals surface area contributed by atoms with Crippen LogP contribution in [-0.2, 0) is 16.6 Å². The molecule has 6 heteroatoms. The first-order valence-electron chi connectivity index (χ1n) is 6.61. The number of nitrogens with one attached hydrogen (secondary N) is 1. The highest BCUT2D eigenvalue weighted by molar-refractivity contribution is 7.84. The molecule has 21 heavy (non-hydrogen) atoms. The summed E-state index contributed by atoms with van der Waals surface area (Å²) in [6.07, 6.45) is 0.857. The van der Waals surface area contributed by atoms with Crippen LogP contribution in [0.25, 0.3) is 0 Å². The molecule has 1 aromatic carbocycles. The molecule has 0 radical (unpaired) electrons. The highest BCUT2D eigenvalue weighted by Crippen LogP contribution is 2.22. The van der Waals surface area contributed by atoms with Crippen LogP contribution >= 0.6 is 11.6 Å². The molecule has 0 aliphatic rings. The predicted octanol–water partition coefficient (Wildman–Crippen LogP) is 3.38. The number of halogens is 1. The Hall–Kier alpha value is -1.59. The largest absolute Gasteiger partial charge is 0.455 e. The van der Waals surface area contributed by atoms with E-state index in [-0.39, 0.29) is 17.4 Å². The third-order valence-corrected chi connectivity index (χ3v) is 4.61. The fraction of sp³-hybridized carbons (Fsp3) is 0.267. The van der Waals surface area contributed by atoms with Crippen molar-refractivity contribution in [2.45, 2.75) is 24.0 Å². The van der Waals surface area contributed by atoms with Crippen LogP contribution in [0.2, 0.25) is 5.02 Å². The Bertz CT molecular complexity index is 654. The van der Waals surface area contributed by atoms with Gasteiger partial charge in [-0.05, 0) is 30.7 Å². The second-order valence-corrected chi connectivity index (χ2v) is 6.27. The highest BCUT2D eigenvalue weighted by Gasteiger charge is 2.14. The second kappa shape index (κ2) is 7.43. The molecule has 0 aliphatic carbocycles. The molecule has 1 heterocycles. The van der Waals surface area contributed by atoms with Gasteiger partial charge in [0.05, 0.1) is 26.5 Å². The Morgan fingerprint density at radius 3 is 2.76 bits per heavy atom. The summed E-state index contributed by atoms with van der Waals surface area (Å²) in [6.45, 7) is 2.57. The van der Waals surface area contributed by atoms with E-state index < -0.39 is 10.8 Å². The summed E-state index contributed by atoms with van der Waals surface area (Å²) in [7, 11) is -1.31. The van der Waals surface area contributed by atoms with Crippen molar-refractivity contribution in [1.82, 2.24) is 5.32 Å². The Labute approximate surface area is 130 Å². The van der Waals surface area contributed by atoms with Crippen LogP contribution in [0.1, 0.15) is 29.7 Å². The quantitative estimate of drug-likeness (QED) is 0.885. The maximum absolute atomic E-state index is 12.3. The number of hydrogen-bond donors (Lipinski definition) is 1. The minimum Gasteiger partial charge on any atom is -0.455 e. The zero-order chi connectivity index (χ0) is 15.2. The summed E-state index contributed by atoms with van der Waals surface area (Å²) < 4.78 is 17.7. The summed E-state index contributed by atoms with van der Waals surface area (Å²) in [6, 6.07) is 10.2. The van der Waals surface area contributed by atoms with Gasteiger partial charge in [0.15, 0.2) is 5.76 Å². The van der Waals surface area contributed by atoms with Crippen molar-refractivity contribution in [2.75, 3.05) is 6.54 Å². The molecular formula is C15H16ClNO3S. The van der Waals surface area contributed by atoms with Crippen LogP contribution in [0.3, 0.4) is 0 Å². The summed E-state index contributed by atoms with van der Waals surface area (Å²) in [5.74, 6) is 0.654. The van der Waals surface area contributed by atoms with Gasteiger partial charge in [-0.1, -0.05) is 30.7 Å². The van der Waals surface area contributed by atoms with Gasteiger partial charge in [-0.15, -0.1) is 0 Å². The summed E-state index contributed by atoms with van der Waals surface area (Å²) in [5, 5.41) is 3.19. The fourth-order valence-corrected chi connectivity index (χ4v) is 3.22. The molecule has 1 aromatic heterocycles. The van der Waals surface area contributed by atoms with Crippen LogP contribution in [0.4, 0.5) is 0 Å². The van der Waals surface area contributed by atoms with Crippen LogP contribution in [0.5, 0.6) is 0 Å². The second-order valence-electron chi connectivity index (χ2n) is 4.44. The number of carbonyl (C=O) groups excluding carboxylic acids is 1. The molecule has 2 aromatic rings. The van der Waals surface area contributed by atoms with E-state index in [1.54, 1.807) is 36.4 Å². The van der Waals surface area contributed by atoms with E-state index in [0.29, 0.717) is 22.2 Å². The van der Waals surface area contributed by atoms with Gasteiger partial charge < -0.3 is 9.73 Å². The molecule has 1 amide bonds. The van der Waals surface area contributed by atoms with Crippen molar-refractivity contribution in [3.8, 4) is 0 Å². The highest BCUT2D eigenvalue weighted by atomic mass is 35.5. The number of hydrogen-bond acceptors (Lipinski definition) is 3. The predicted molar refractivity (Wildman–Crippen MR) is 82.9 cm³/mol. The maximum atomic E-state index is 12.3. The number of carbonyl (C=O) groups is 1. The summed E-state index contributed by atoms with van der Waals surface area (Å²) in [5.41, 5.74) is 0. The number of amides is 1. The maximum Gasteiger partial charge on any atom is 0.286 e. The van der Waals surface area contributed by atoms with Crippen molar-refractivity contribution in [1.29, 1.82) is 0 Å². The molecule has 0 bridgehead atoms. The zero-order valence-corrected chi connectivity index (χ0v) is 13.2. The molecule has 112 valence electrons. The Kier molecular flexibility index (Phi) is 5.59. The van der Waals surface area contributed by atoms with Gasteiger partial charge in [-0.3, -0.25) is 9.00 Å². The molecule has 0 unspecified atom stereocenters. The molecule has 0 aliphatic heterocycles. The number of furan rings is 1. The normalized spacial score (nSPS) is 12.1. The van der Waals surface area contributed by atoms with Crippen molar-refractivity contribution in [3.05, 3.63) is 52.9 Å². The van der Waals surface area contributed by atoms with Gasteiger partial charge in [0.25, 0.3) is 5.91 Å². The molecule has 1 atom stereocenters. The Balaban J connectivity index is 2.04. The van der Waals surface area contributed by atoms with Crippen LogP contribution in [0, 0.1) is 0 Å². The number of benzene rings is 1. The first kappa shape index (κ1) is 15.8. The molecule has 0 saturated heterocycles. The van der Waals surface area contributed by atoms with Crippen molar-refractivity contribution < 1.29 is 13.4 Å². The summed E-state index contributed by atoms with van der Waals surface area (Å²) >= 11 is 6.01. The molecular weight excluding hydrogens is 310 g/mol. The lowest BCUT2D eigenvalue weighted by Gasteiger charge is -2.03. The van der Waals surface area contributed by atoms with Gasteiger partial charge in [-0.2, -0.15) is 0 Å². The average Bonchev–Trinajstić information content (AvgIpc) is 2.93. The van der Waals surface area contributed by atoms with Crippen LogP contribution in [-0.4, -0.2) is 16.7 Å². The third-order valence-electron chi connectivity index (χ3n) is 2.78. The molecule has 0 saturated carbocycles. The van der Waals surface area contributed by atoms with Gasteiger partial charge in [0, 0.05) is 6.54 Å². The van der Waals surface area contributed by atoms with E-state index in [1.165, 1.54) is 0 Å². The van der Waals surface area contributed by atoms with Crippen LogP contribution in [0.15, 0.2) is 45.7 Å². The van der Waals surface area contributed by atoms with E-state index in [2.05, 4.69) is 5.32 Å². The first-order chi connectivity index (χ1) is 10.1. The molecule has 2 rings (SSSR count). The van der Waals surface area contributed by atoms with Crippen molar-refractivity contribution in [2.24, 2.45) is 0 Å². The third kappa shape index (κ3) is 4.19. The fourth-order valence-electron chi connectivity index (χ4n) is 1.74. The lowest BCUT2D eigenvalue weighted by Crippen LogP contribution is -2.23. The lowest BCUT2D eigenvalue weighted by molar-refractivity contribution is 0.0924. The monoisotopic (exact) mass is 325 g/mol. The summed E-state index contributed by atoms with van der Waals surface area (Å²) in [4.78, 5) is 12.3. The van der Waals surface area contributed by atoms with Gasteiger partial charge in [0.1, 0.15) is 5.76 Å². The molecule has 1 N–H and O–H groups in total. The number of rotatable bonds is 6. The van der Waals surface area contributed by atoms with Crippen molar-refractivity contribution >= 4 is 28.3 Å². The van der Waals surface area contributed by atoms with Crippen LogP contribution < -0.4 is 5.32 Å². The lowest BCUT2D eigenvalue weighted by atomic mass is 10.4. The minimum atomic E-state index is -1.31. The molecule has 0 spiro atoms. The molecule has 0 fully saturated rings.